The molecular formula is C17H21F2N5O. The fourth-order valence-electron chi connectivity index (χ4n) is 3.78. The third kappa shape index (κ3) is 2.83. The van der Waals surface area contributed by atoms with Gasteiger partial charge in [0.1, 0.15) is 17.8 Å². The van der Waals surface area contributed by atoms with E-state index in [1.165, 1.54) is 6.33 Å². The molecule has 25 heavy (non-hydrogen) atoms. The van der Waals surface area contributed by atoms with Crippen molar-refractivity contribution in [3.63, 3.8) is 0 Å². The van der Waals surface area contributed by atoms with Crippen LogP contribution in [0.4, 0.5) is 14.6 Å². The summed E-state index contributed by atoms with van der Waals surface area (Å²) in [5, 5.41) is 3.99. The van der Waals surface area contributed by atoms with Gasteiger partial charge in [0.05, 0.1) is 11.3 Å². The summed E-state index contributed by atoms with van der Waals surface area (Å²) >= 11 is 0. The van der Waals surface area contributed by atoms with Crippen molar-refractivity contribution in [2.75, 3.05) is 11.9 Å². The maximum absolute atomic E-state index is 13.5. The van der Waals surface area contributed by atoms with E-state index in [4.69, 9.17) is 0 Å². The van der Waals surface area contributed by atoms with Crippen LogP contribution in [-0.4, -0.2) is 50.3 Å². The molecule has 2 fully saturated rings. The molecule has 3 heterocycles. The van der Waals surface area contributed by atoms with Crippen molar-refractivity contribution >= 4 is 22.8 Å². The molecule has 0 radical (unpaired) electrons. The van der Waals surface area contributed by atoms with E-state index < -0.39 is 11.8 Å². The quantitative estimate of drug-likeness (QED) is 0.894. The van der Waals surface area contributed by atoms with E-state index in [9.17, 15) is 13.6 Å². The maximum Gasteiger partial charge on any atom is 0.256 e. The van der Waals surface area contributed by atoms with Crippen LogP contribution in [0, 0.1) is 0 Å². The molecule has 1 aliphatic carbocycles. The predicted octanol–water partition coefficient (Wildman–Crippen LogP) is 2.89. The largest absolute Gasteiger partial charge is 0.365 e. The van der Waals surface area contributed by atoms with Crippen molar-refractivity contribution in [3.05, 3.63) is 18.1 Å². The first kappa shape index (κ1) is 16.2. The zero-order chi connectivity index (χ0) is 17.8. The molecular weight excluding hydrogens is 328 g/mol. The van der Waals surface area contributed by atoms with Gasteiger partial charge < -0.3 is 15.2 Å². The number of aromatic amines is 1. The highest BCUT2D eigenvalue weighted by Gasteiger charge is 2.58. The number of rotatable bonds is 3. The molecule has 1 saturated heterocycles. The average Bonchev–Trinajstić information content (AvgIpc) is 3.00. The Bertz CT molecular complexity index is 820. The second-order valence-electron chi connectivity index (χ2n) is 7.15. The van der Waals surface area contributed by atoms with E-state index in [0.29, 0.717) is 29.0 Å². The van der Waals surface area contributed by atoms with E-state index in [0.717, 1.165) is 12.8 Å². The summed E-state index contributed by atoms with van der Waals surface area (Å²) in [6.07, 6.45) is 4.69. The first-order chi connectivity index (χ1) is 11.9. The Kier molecular flexibility index (Phi) is 3.66. The normalized spacial score (nSPS) is 28.2. The highest BCUT2D eigenvalue weighted by atomic mass is 19.3. The van der Waals surface area contributed by atoms with Gasteiger partial charge in [0.15, 0.2) is 0 Å². The average molecular weight is 349 g/mol. The SMILES string of the molecule is CC(=O)N1C[C@H](Nc2ncnc3[nH]cc([C@@H]4CC4(F)F)c23)CC[C@@H]1C. The van der Waals surface area contributed by atoms with Gasteiger partial charge in [-0.3, -0.25) is 4.79 Å². The molecule has 1 saturated carbocycles. The van der Waals surface area contributed by atoms with Gasteiger partial charge in [-0.25, -0.2) is 18.7 Å². The minimum absolute atomic E-state index is 0.0423. The summed E-state index contributed by atoms with van der Waals surface area (Å²) < 4.78 is 27.1. The summed E-state index contributed by atoms with van der Waals surface area (Å²) in [6, 6.07) is 0.259. The number of piperidine rings is 1. The van der Waals surface area contributed by atoms with Crippen LogP contribution in [-0.2, 0) is 4.79 Å². The predicted molar refractivity (Wildman–Crippen MR) is 89.7 cm³/mol. The molecule has 6 nitrogen and oxygen atoms in total. The van der Waals surface area contributed by atoms with Crippen molar-refractivity contribution < 1.29 is 13.6 Å². The number of nitrogens with one attached hydrogen (secondary N) is 2. The molecule has 1 amide bonds. The van der Waals surface area contributed by atoms with Crippen LogP contribution in [0.15, 0.2) is 12.5 Å². The van der Waals surface area contributed by atoms with Gasteiger partial charge in [-0.05, 0) is 25.3 Å². The van der Waals surface area contributed by atoms with Gasteiger partial charge >= 0.3 is 0 Å². The number of carbonyl (C=O) groups excluding carboxylic acids is 1. The molecule has 2 aromatic heterocycles. The highest BCUT2D eigenvalue weighted by molar-refractivity contribution is 5.91. The van der Waals surface area contributed by atoms with Crippen LogP contribution in [0.3, 0.4) is 0 Å². The van der Waals surface area contributed by atoms with Crippen LogP contribution in [0.25, 0.3) is 11.0 Å². The van der Waals surface area contributed by atoms with Crippen LogP contribution in [0.5, 0.6) is 0 Å². The molecule has 0 spiro atoms. The van der Waals surface area contributed by atoms with Gasteiger partial charge in [-0.1, -0.05) is 0 Å². The molecule has 134 valence electrons. The van der Waals surface area contributed by atoms with Gasteiger partial charge in [0.25, 0.3) is 5.92 Å². The lowest BCUT2D eigenvalue weighted by molar-refractivity contribution is -0.132. The summed E-state index contributed by atoms with van der Waals surface area (Å²) in [4.78, 5) is 25.0. The molecule has 0 unspecified atom stereocenters. The molecule has 3 atom stereocenters. The molecule has 4 rings (SSSR count). The molecule has 2 aromatic rings. The molecule has 2 N–H and O–H groups in total. The number of nitrogens with zero attached hydrogens (tertiary/aromatic N) is 3. The van der Waals surface area contributed by atoms with Crippen LogP contribution >= 0.6 is 0 Å². The van der Waals surface area contributed by atoms with Gasteiger partial charge in [0.2, 0.25) is 5.91 Å². The number of hydrogen-bond donors (Lipinski definition) is 2. The van der Waals surface area contributed by atoms with E-state index in [-0.39, 0.29) is 24.4 Å². The van der Waals surface area contributed by atoms with Gasteiger partial charge in [-0.2, -0.15) is 0 Å². The first-order valence-corrected chi connectivity index (χ1v) is 8.60. The number of fused-ring (bicyclic) bond motifs is 1. The Hall–Kier alpha value is -2.25. The number of anilines is 1. The van der Waals surface area contributed by atoms with Crippen molar-refractivity contribution in [3.8, 4) is 0 Å². The van der Waals surface area contributed by atoms with Crippen molar-refractivity contribution in [1.29, 1.82) is 0 Å². The van der Waals surface area contributed by atoms with Crippen molar-refractivity contribution in [2.24, 2.45) is 0 Å². The highest BCUT2D eigenvalue weighted by Crippen LogP contribution is 2.57. The fourth-order valence-corrected chi connectivity index (χ4v) is 3.78. The molecule has 0 aromatic carbocycles. The molecule has 0 bridgehead atoms. The topological polar surface area (TPSA) is 73.9 Å². The Balaban J connectivity index is 1.62. The van der Waals surface area contributed by atoms with Gasteiger partial charge in [-0.15, -0.1) is 0 Å². The minimum Gasteiger partial charge on any atom is -0.365 e. The number of H-pyrrole nitrogens is 1. The number of hydrogen-bond acceptors (Lipinski definition) is 4. The Morgan fingerprint density at radius 2 is 2.16 bits per heavy atom. The van der Waals surface area contributed by atoms with E-state index in [1.807, 2.05) is 11.8 Å². The molecule has 2 aliphatic rings. The number of carbonyl (C=O) groups is 1. The molecule has 1 aliphatic heterocycles. The lowest BCUT2D eigenvalue weighted by atomic mass is 9.99. The van der Waals surface area contributed by atoms with Gasteiger partial charge in [0, 0.05) is 38.2 Å². The summed E-state index contributed by atoms with van der Waals surface area (Å²) in [5.41, 5.74) is 1.12. The lowest BCUT2D eigenvalue weighted by Gasteiger charge is -2.38. The smallest absolute Gasteiger partial charge is 0.256 e. The second kappa shape index (κ2) is 5.64. The monoisotopic (exact) mass is 349 g/mol. The van der Waals surface area contributed by atoms with Crippen molar-refractivity contribution in [2.45, 2.75) is 57.0 Å². The molecule has 8 heteroatoms. The number of halogens is 2. The number of aromatic nitrogens is 3. The van der Waals surface area contributed by atoms with Crippen molar-refractivity contribution in [1.82, 2.24) is 19.9 Å². The second-order valence-corrected chi connectivity index (χ2v) is 7.15. The number of amides is 1. The van der Waals surface area contributed by atoms with E-state index in [1.54, 1.807) is 13.1 Å². The third-order valence-corrected chi connectivity index (χ3v) is 5.33. The zero-order valence-corrected chi connectivity index (χ0v) is 14.2. The van der Waals surface area contributed by atoms with Crippen LogP contribution < -0.4 is 5.32 Å². The summed E-state index contributed by atoms with van der Waals surface area (Å²) in [6.45, 7) is 4.20. The van der Waals surface area contributed by atoms with Crippen LogP contribution in [0.1, 0.15) is 44.6 Å². The Labute approximate surface area is 144 Å². The standard InChI is InChI=1S/C17H21F2N5O/c1-9-3-4-11(7-24(9)10(2)25)23-16-14-12(13-5-17(13,18)19)6-20-15(14)21-8-22-16/h6,8-9,11,13H,3-5,7H2,1-2H3,(H2,20,21,22,23)/t9-,11+,13-/m0/s1. The van der Waals surface area contributed by atoms with E-state index >= 15 is 0 Å². The third-order valence-electron chi connectivity index (χ3n) is 5.33. The maximum atomic E-state index is 13.5. The number of likely N-dealkylation sites (tertiary alicyclic amines) is 1. The Morgan fingerprint density at radius 1 is 1.40 bits per heavy atom. The number of alkyl halides is 2. The minimum atomic E-state index is -2.64. The first-order valence-electron chi connectivity index (χ1n) is 8.60. The lowest BCUT2D eigenvalue weighted by Crippen LogP contribution is -2.49. The zero-order valence-electron chi connectivity index (χ0n) is 14.2. The van der Waals surface area contributed by atoms with E-state index in [2.05, 4.69) is 20.3 Å². The van der Waals surface area contributed by atoms with Crippen LogP contribution in [0.2, 0.25) is 0 Å². The fraction of sp³-hybridized carbons (Fsp3) is 0.588. The Morgan fingerprint density at radius 3 is 2.84 bits per heavy atom. The summed E-state index contributed by atoms with van der Waals surface area (Å²) in [5.74, 6) is -2.81. The summed E-state index contributed by atoms with van der Waals surface area (Å²) in [7, 11) is 0.